The highest BCUT2D eigenvalue weighted by atomic mass is 32.1. The monoisotopic (exact) mass is 1290 g/mol. The van der Waals surface area contributed by atoms with Crippen molar-refractivity contribution in [1.29, 1.82) is 0 Å². The molecule has 19 aromatic rings. The summed E-state index contributed by atoms with van der Waals surface area (Å²) in [4.78, 5) is 4.92. The van der Waals surface area contributed by atoms with E-state index in [0.717, 1.165) is 116 Å². The maximum Gasteiger partial charge on any atom is 0.144 e. The molecule has 0 atom stereocenters. The molecule has 4 aromatic heterocycles. The minimum absolute atomic E-state index is 0.138. The van der Waals surface area contributed by atoms with Crippen LogP contribution < -0.4 is 9.80 Å². The molecular formula is C92H60N2O2S2. The third-order valence-electron chi connectivity index (χ3n) is 21.8. The smallest absolute Gasteiger partial charge is 0.144 e. The van der Waals surface area contributed by atoms with E-state index in [1.165, 1.54) is 90.6 Å². The SMILES string of the molecule is CC1(C)c2ccccc2-c2ccc(N(c3ccccc3)c3cccc4c3sc3ccc5c6ccc7c(-c8cccc(N(c9ccc(-c%10cccc%11c%10C(C)(C)c%10ccccc%10-%11)cc9)c9cccc%10c9sc9ccc%11c%12ccc%13ccccc%13c%12oc%11c9%10)c8)cccc7c6oc5c34)cc21. The first-order valence-corrected chi connectivity index (χ1v) is 35.5. The summed E-state index contributed by atoms with van der Waals surface area (Å²) in [7, 11) is 0. The zero-order valence-corrected chi connectivity index (χ0v) is 55.9. The molecule has 0 unspecified atom stereocenters. The molecule has 0 fully saturated rings. The Morgan fingerprint density at radius 1 is 0.276 bits per heavy atom. The second kappa shape index (κ2) is 20.5. The Balaban J connectivity index is 0.707. The molecular weight excluding hydrogens is 1230 g/mol. The molecule has 0 saturated heterocycles. The van der Waals surface area contributed by atoms with E-state index in [1.54, 1.807) is 0 Å². The number of anilines is 6. The number of hydrogen-bond acceptors (Lipinski definition) is 6. The van der Waals surface area contributed by atoms with Gasteiger partial charge in [0.2, 0.25) is 0 Å². The lowest BCUT2D eigenvalue weighted by molar-refractivity contribution is 0.660. The van der Waals surface area contributed by atoms with Gasteiger partial charge in [0.15, 0.2) is 0 Å². The van der Waals surface area contributed by atoms with Crippen LogP contribution in [0.5, 0.6) is 0 Å². The molecule has 462 valence electrons. The van der Waals surface area contributed by atoms with E-state index >= 15 is 0 Å². The molecule has 0 aliphatic heterocycles. The van der Waals surface area contributed by atoms with Gasteiger partial charge < -0.3 is 18.6 Å². The molecule has 6 heteroatoms. The largest absolute Gasteiger partial charge is 0.455 e. The summed E-state index contributed by atoms with van der Waals surface area (Å²) >= 11 is 3.68. The molecule has 0 spiro atoms. The van der Waals surface area contributed by atoms with Gasteiger partial charge in [-0.2, -0.15) is 0 Å². The van der Waals surface area contributed by atoms with Crippen molar-refractivity contribution in [1.82, 2.24) is 0 Å². The number of fused-ring (bicyclic) bond motifs is 24. The Bertz CT molecular complexity index is 6640. The normalized spacial score (nSPS) is 13.7. The quantitative estimate of drug-likeness (QED) is 0.152. The van der Waals surface area contributed by atoms with Gasteiger partial charge in [-0.15, -0.1) is 22.7 Å². The Labute approximate surface area is 573 Å². The first-order valence-electron chi connectivity index (χ1n) is 33.9. The van der Waals surface area contributed by atoms with Gasteiger partial charge in [-0.3, -0.25) is 0 Å². The van der Waals surface area contributed by atoms with Crippen LogP contribution in [0.1, 0.15) is 49.9 Å². The Kier molecular flexibility index (Phi) is 11.7. The van der Waals surface area contributed by atoms with Crippen LogP contribution >= 0.6 is 22.7 Å². The molecule has 21 rings (SSSR count). The molecule has 15 aromatic carbocycles. The standard InChI is InChI=1S/C92H60N2O2S2/c1-91(2)75-33-12-10-25-64(75)66-44-42-59(52-77(66)91)93(56-21-6-5-7-22-56)78-35-17-31-74-83-81(97-89(74)78)50-48-72-70-46-45-63-60(27-15-30-68(63)86(70)96-88(72)83)55-20-14-23-58(51-55)94(57-40-37-54(38-41-57)61-28-16-29-67-65-26-11-13-34-76(65)92(3,4)84(61)67)79-36-18-32-73-82-80(98-90(73)79)49-47-71-69-43-39-53-19-8-9-24-62(53)85(69)95-87(71)82/h5-52H,1-4H3. The molecule has 4 heterocycles. The lowest BCUT2D eigenvalue weighted by Crippen LogP contribution is -2.16. The van der Waals surface area contributed by atoms with E-state index in [1.807, 2.05) is 22.7 Å². The minimum Gasteiger partial charge on any atom is -0.455 e. The third kappa shape index (κ3) is 7.81. The predicted molar refractivity (Wildman–Crippen MR) is 417 cm³/mol. The van der Waals surface area contributed by atoms with Crippen LogP contribution in [0.4, 0.5) is 34.1 Å². The third-order valence-corrected chi connectivity index (χ3v) is 24.2. The summed E-state index contributed by atoms with van der Waals surface area (Å²) in [6.45, 7) is 9.48. The maximum atomic E-state index is 7.39. The molecule has 0 bridgehead atoms. The molecule has 0 amide bonds. The van der Waals surface area contributed by atoms with E-state index in [4.69, 9.17) is 8.83 Å². The fraction of sp³-hybridized carbons (Fsp3) is 0.0652. The van der Waals surface area contributed by atoms with Gasteiger partial charge in [0.05, 0.1) is 20.8 Å². The van der Waals surface area contributed by atoms with Crippen molar-refractivity contribution in [3.05, 3.63) is 313 Å². The number of thiophene rings is 2. The maximum absolute atomic E-state index is 7.39. The van der Waals surface area contributed by atoms with Crippen molar-refractivity contribution in [2.24, 2.45) is 0 Å². The first kappa shape index (κ1) is 55.7. The van der Waals surface area contributed by atoms with Gasteiger partial charge in [-0.05, 0) is 175 Å². The van der Waals surface area contributed by atoms with Crippen molar-refractivity contribution in [2.45, 2.75) is 38.5 Å². The number of furan rings is 2. The van der Waals surface area contributed by atoms with Crippen LogP contribution in [0.2, 0.25) is 0 Å². The molecule has 2 aliphatic rings. The van der Waals surface area contributed by atoms with Crippen molar-refractivity contribution in [3.63, 3.8) is 0 Å². The Morgan fingerprint density at radius 2 is 0.735 bits per heavy atom. The zero-order valence-electron chi connectivity index (χ0n) is 54.2. The Morgan fingerprint density at radius 3 is 1.45 bits per heavy atom. The fourth-order valence-corrected chi connectivity index (χ4v) is 19.7. The van der Waals surface area contributed by atoms with Crippen molar-refractivity contribution < 1.29 is 8.83 Å². The number of rotatable bonds is 8. The van der Waals surface area contributed by atoms with Crippen LogP contribution in [0.25, 0.3) is 150 Å². The summed E-state index contributed by atoms with van der Waals surface area (Å²) in [5.41, 5.74) is 25.5. The predicted octanol–water partition coefficient (Wildman–Crippen LogP) is 27.4. The Hall–Kier alpha value is -11.5. The van der Waals surface area contributed by atoms with Crippen molar-refractivity contribution >= 4 is 163 Å². The number of nitrogens with zero attached hydrogens (tertiary/aromatic N) is 2. The highest BCUT2D eigenvalue weighted by molar-refractivity contribution is 7.27. The van der Waals surface area contributed by atoms with E-state index in [2.05, 4.69) is 329 Å². The summed E-state index contributed by atoms with van der Waals surface area (Å²) in [6.07, 6.45) is 0. The zero-order chi connectivity index (χ0) is 64.9. The molecule has 0 N–H and O–H groups in total. The number of benzene rings is 15. The summed E-state index contributed by atoms with van der Waals surface area (Å²) in [5, 5.41) is 13.7. The molecule has 0 saturated carbocycles. The number of para-hydroxylation sites is 1. The fourth-order valence-electron chi connectivity index (χ4n) is 17.3. The van der Waals surface area contributed by atoms with E-state index < -0.39 is 0 Å². The van der Waals surface area contributed by atoms with Crippen molar-refractivity contribution in [2.75, 3.05) is 9.80 Å². The van der Waals surface area contributed by atoms with Crippen LogP contribution in [0, 0.1) is 0 Å². The van der Waals surface area contributed by atoms with Crippen LogP contribution in [-0.2, 0) is 10.8 Å². The molecule has 4 nitrogen and oxygen atoms in total. The van der Waals surface area contributed by atoms with Crippen LogP contribution in [-0.4, -0.2) is 0 Å². The minimum atomic E-state index is -0.153. The topological polar surface area (TPSA) is 32.8 Å². The highest BCUT2D eigenvalue weighted by Gasteiger charge is 2.39. The average molecular weight is 1290 g/mol. The lowest BCUT2D eigenvalue weighted by Gasteiger charge is -2.28. The van der Waals surface area contributed by atoms with Crippen LogP contribution in [0.3, 0.4) is 0 Å². The first-order chi connectivity index (χ1) is 48.1. The van der Waals surface area contributed by atoms with Gasteiger partial charge in [0, 0.05) is 96.8 Å². The lowest BCUT2D eigenvalue weighted by atomic mass is 9.79. The van der Waals surface area contributed by atoms with E-state index in [9.17, 15) is 0 Å². The summed E-state index contributed by atoms with van der Waals surface area (Å²) < 4.78 is 19.2. The number of hydrogen-bond donors (Lipinski definition) is 0. The van der Waals surface area contributed by atoms with Gasteiger partial charge >= 0.3 is 0 Å². The van der Waals surface area contributed by atoms with E-state index in [0.29, 0.717) is 0 Å². The second-order valence-corrected chi connectivity index (χ2v) is 29.9. The van der Waals surface area contributed by atoms with Gasteiger partial charge in [0.25, 0.3) is 0 Å². The molecule has 2 aliphatic carbocycles. The van der Waals surface area contributed by atoms with Gasteiger partial charge in [-0.1, -0.05) is 222 Å². The van der Waals surface area contributed by atoms with E-state index in [-0.39, 0.29) is 10.8 Å². The molecule has 98 heavy (non-hydrogen) atoms. The van der Waals surface area contributed by atoms with Gasteiger partial charge in [-0.25, -0.2) is 0 Å². The average Bonchev–Trinajstić information content (AvgIpc) is 1.60. The second-order valence-electron chi connectivity index (χ2n) is 27.8. The molecule has 0 radical (unpaired) electrons. The summed E-state index contributed by atoms with van der Waals surface area (Å²) in [6, 6.07) is 108. The summed E-state index contributed by atoms with van der Waals surface area (Å²) in [5.74, 6) is 0. The van der Waals surface area contributed by atoms with Crippen LogP contribution in [0.15, 0.2) is 300 Å². The van der Waals surface area contributed by atoms with Crippen molar-refractivity contribution in [3.8, 4) is 44.5 Å². The van der Waals surface area contributed by atoms with Gasteiger partial charge in [0.1, 0.15) is 22.3 Å². The highest BCUT2D eigenvalue weighted by Crippen LogP contribution is 2.56.